The number of amides is 3. The Balaban J connectivity index is 1.65. The fraction of sp³-hybridized carbons (Fsp3) is 0.400. The van der Waals surface area contributed by atoms with Crippen LogP contribution in [0.15, 0.2) is 35.1 Å². The second-order valence-corrected chi connectivity index (χ2v) is 9.46. The second kappa shape index (κ2) is 11.3. The Morgan fingerprint density at radius 3 is 2.35 bits per heavy atom. The molecule has 3 heterocycles. The number of morpholine rings is 1. The number of benzene rings is 1. The largest absolute Gasteiger partial charge is 0.507 e. The van der Waals surface area contributed by atoms with Gasteiger partial charge in [0.1, 0.15) is 11.8 Å². The molecule has 1 aromatic rings. The number of aliphatic hydroxyl groups excluding tert-OH is 3. The van der Waals surface area contributed by atoms with Crippen molar-refractivity contribution in [2.24, 2.45) is 0 Å². The summed E-state index contributed by atoms with van der Waals surface area (Å²) in [4.78, 5) is 39.8. The van der Waals surface area contributed by atoms with Crippen LogP contribution in [0, 0.1) is 5.82 Å². The number of rotatable bonds is 7. The van der Waals surface area contributed by atoms with Gasteiger partial charge in [0.2, 0.25) is 11.8 Å². The molecule has 3 aliphatic heterocycles. The highest BCUT2D eigenvalue weighted by Gasteiger charge is 2.44. The Labute approximate surface area is 226 Å². The van der Waals surface area contributed by atoms with E-state index in [-0.39, 0.29) is 30.5 Å². The monoisotopic (exact) mass is 564 g/mol. The van der Waals surface area contributed by atoms with Crippen LogP contribution in [0.5, 0.6) is 17.2 Å². The highest BCUT2D eigenvalue weighted by Crippen LogP contribution is 2.42. The highest BCUT2D eigenvalue weighted by molar-refractivity contribution is 6.07. The molecule has 1 atom stereocenters. The van der Waals surface area contributed by atoms with E-state index in [1.54, 1.807) is 0 Å². The van der Waals surface area contributed by atoms with Gasteiger partial charge in [-0.05, 0) is 6.42 Å². The number of hydrogen-bond donors (Lipinski definition) is 8. The first kappa shape index (κ1) is 28.5. The molecule has 40 heavy (non-hydrogen) atoms. The van der Waals surface area contributed by atoms with Gasteiger partial charge in [-0.1, -0.05) is 6.58 Å². The van der Waals surface area contributed by atoms with Gasteiger partial charge in [0, 0.05) is 38.2 Å². The fourth-order valence-corrected chi connectivity index (χ4v) is 4.77. The Bertz CT molecular complexity index is 1340. The SMILES string of the molecule is C=C(O)/C(O)=C1/C(=O)N(C2CCC(=O)NC2=O)C/C1=C(/O)NCc1c(O)c(CN2CCOCC2)c(O)c(O)c1F. The maximum atomic E-state index is 14.9. The first-order valence-electron chi connectivity index (χ1n) is 12.3. The molecule has 4 rings (SSSR count). The van der Waals surface area contributed by atoms with E-state index in [0.717, 1.165) is 4.90 Å². The summed E-state index contributed by atoms with van der Waals surface area (Å²) in [5.74, 6) is -8.90. The van der Waals surface area contributed by atoms with Crippen LogP contribution in [0.25, 0.3) is 0 Å². The number of aromatic hydroxyl groups is 3. The number of imide groups is 1. The van der Waals surface area contributed by atoms with Gasteiger partial charge < -0.3 is 45.6 Å². The van der Waals surface area contributed by atoms with Gasteiger partial charge in [-0.25, -0.2) is 4.39 Å². The lowest BCUT2D eigenvalue weighted by molar-refractivity contribution is -0.142. The zero-order valence-electron chi connectivity index (χ0n) is 21.2. The number of carbonyl (C=O) groups is 3. The van der Waals surface area contributed by atoms with Crippen molar-refractivity contribution in [3.05, 3.63) is 52.1 Å². The van der Waals surface area contributed by atoms with Crippen LogP contribution < -0.4 is 10.6 Å². The Hall–Kier alpha value is -4.50. The minimum absolute atomic E-state index is 0.0240. The lowest BCUT2D eigenvalue weighted by atomic mass is 10.0. The molecule has 3 saturated heterocycles. The summed E-state index contributed by atoms with van der Waals surface area (Å²) in [6.07, 6.45) is -0.0827. The number of halogens is 1. The van der Waals surface area contributed by atoms with Gasteiger partial charge >= 0.3 is 0 Å². The average molecular weight is 565 g/mol. The summed E-state index contributed by atoms with van der Waals surface area (Å²) in [6.45, 7) is 3.76. The quantitative estimate of drug-likeness (QED) is 0.0732. The van der Waals surface area contributed by atoms with Gasteiger partial charge in [0.25, 0.3) is 5.91 Å². The molecule has 0 bridgehead atoms. The molecule has 0 spiro atoms. The number of hydrogen-bond acceptors (Lipinski definition) is 12. The minimum atomic E-state index is -1.36. The van der Waals surface area contributed by atoms with Crippen molar-refractivity contribution in [3.63, 3.8) is 0 Å². The van der Waals surface area contributed by atoms with Gasteiger partial charge in [-0.15, -0.1) is 0 Å². The zero-order valence-corrected chi connectivity index (χ0v) is 21.2. The molecule has 0 aromatic heterocycles. The molecule has 0 radical (unpaired) electrons. The van der Waals surface area contributed by atoms with Crippen LogP contribution in [-0.2, 0) is 32.2 Å². The third-order valence-electron chi connectivity index (χ3n) is 6.96. The summed E-state index contributed by atoms with van der Waals surface area (Å²) in [7, 11) is 0. The zero-order chi connectivity index (χ0) is 29.3. The summed E-state index contributed by atoms with van der Waals surface area (Å²) in [6, 6.07) is -1.12. The number of carbonyl (C=O) groups excluding carboxylic acids is 3. The average Bonchev–Trinajstić information content (AvgIpc) is 3.26. The van der Waals surface area contributed by atoms with E-state index in [2.05, 4.69) is 17.2 Å². The Morgan fingerprint density at radius 2 is 1.73 bits per heavy atom. The summed E-state index contributed by atoms with van der Waals surface area (Å²) < 4.78 is 20.1. The summed E-state index contributed by atoms with van der Waals surface area (Å²) in [5.41, 5.74) is -1.55. The number of phenolic OH excluding ortho intramolecular Hbond substituents is 3. The number of ether oxygens (including phenoxy) is 1. The maximum Gasteiger partial charge on any atom is 0.259 e. The third kappa shape index (κ3) is 5.33. The third-order valence-corrected chi connectivity index (χ3v) is 6.96. The van der Waals surface area contributed by atoms with Crippen LogP contribution in [-0.4, -0.2) is 97.1 Å². The van der Waals surface area contributed by atoms with Crippen molar-refractivity contribution in [2.45, 2.75) is 32.0 Å². The van der Waals surface area contributed by atoms with E-state index in [4.69, 9.17) is 4.74 Å². The van der Waals surface area contributed by atoms with Gasteiger partial charge in [0.15, 0.2) is 34.7 Å². The summed E-state index contributed by atoms with van der Waals surface area (Å²) >= 11 is 0. The van der Waals surface area contributed by atoms with Crippen LogP contribution >= 0.6 is 0 Å². The Morgan fingerprint density at radius 1 is 1.05 bits per heavy atom. The van der Waals surface area contributed by atoms with Crippen molar-refractivity contribution in [2.75, 3.05) is 32.8 Å². The van der Waals surface area contributed by atoms with Crippen LogP contribution in [0.2, 0.25) is 0 Å². The number of piperidine rings is 1. The predicted octanol–water partition coefficient (Wildman–Crippen LogP) is 0.165. The van der Waals surface area contributed by atoms with E-state index < -0.39 is 88.5 Å². The van der Waals surface area contributed by atoms with E-state index >= 15 is 0 Å². The number of nitrogens with one attached hydrogen (secondary N) is 2. The molecule has 0 saturated carbocycles. The minimum Gasteiger partial charge on any atom is -0.507 e. The molecular weight excluding hydrogens is 535 g/mol. The van der Waals surface area contributed by atoms with Crippen molar-refractivity contribution in [1.29, 1.82) is 0 Å². The van der Waals surface area contributed by atoms with Crippen LogP contribution in [0.3, 0.4) is 0 Å². The molecule has 3 aliphatic rings. The predicted molar refractivity (Wildman–Crippen MR) is 133 cm³/mol. The van der Waals surface area contributed by atoms with E-state index in [0.29, 0.717) is 26.3 Å². The standard InChI is InChI=1S/C25H29FN4O10/c1-11(31)19(33)17-13(10-30(25(17)39)15-2-3-16(32)28-24(15)38)23(37)27-8-12-18(26)22(36)21(35)14(20(12)34)9-29-4-6-40-7-5-29/h15,27,31,33-37H,1-10H2,(H,28,32,38)/b19-17-,23-13-. The highest BCUT2D eigenvalue weighted by atomic mass is 19.1. The van der Waals surface area contributed by atoms with Crippen molar-refractivity contribution < 1.29 is 54.2 Å². The van der Waals surface area contributed by atoms with Gasteiger partial charge in [0.05, 0.1) is 36.5 Å². The number of phenols is 3. The molecule has 15 heteroatoms. The molecular formula is C25H29FN4O10. The van der Waals surface area contributed by atoms with Gasteiger partial charge in [-0.2, -0.15) is 0 Å². The molecule has 1 aromatic carbocycles. The van der Waals surface area contributed by atoms with Crippen LogP contribution in [0.4, 0.5) is 4.39 Å². The van der Waals surface area contributed by atoms with Crippen molar-refractivity contribution in [3.8, 4) is 17.2 Å². The van der Waals surface area contributed by atoms with Gasteiger partial charge in [-0.3, -0.25) is 24.6 Å². The number of likely N-dealkylation sites (tertiary alicyclic amines) is 1. The molecule has 3 amide bonds. The maximum absolute atomic E-state index is 14.9. The molecule has 14 nitrogen and oxygen atoms in total. The molecule has 8 N–H and O–H groups in total. The molecule has 3 fully saturated rings. The van der Waals surface area contributed by atoms with Crippen LogP contribution in [0.1, 0.15) is 24.0 Å². The normalized spacial score (nSPS) is 22.8. The molecule has 1 unspecified atom stereocenters. The smallest absolute Gasteiger partial charge is 0.259 e. The lowest BCUT2D eigenvalue weighted by Gasteiger charge is -2.28. The van der Waals surface area contributed by atoms with E-state index in [1.807, 2.05) is 4.90 Å². The Kier molecular flexibility index (Phi) is 8.06. The second-order valence-electron chi connectivity index (χ2n) is 9.46. The lowest BCUT2D eigenvalue weighted by Crippen LogP contribution is -2.53. The first-order chi connectivity index (χ1) is 18.9. The van der Waals surface area contributed by atoms with Crippen molar-refractivity contribution in [1.82, 2.24) is 20.4 Å². The van der Waals surface area contributed by atoms with E-state index in [1.165, 1.54) is 0 Å². The fourth-order valence-electron chi connectivity index (χ4n) is 4.77. The summed E-state index contributed by atoms with van der Waals surface area (Å²) in [5, 5.41) is 66.6. The van der Waals surface area contributed by atoms with E-state index in [9.17, 15) is 49.4 Å². The topological polar surface area (TPSA) is 212 Å². The first-order valence-corrected chi connectivity index (χ1v) is 12.3. The number of aliphatic hydroxyl groups is 3. The molecule has 0 aliphatic carbocycles. The molecule has 216 valence electrons. The number of nitrogens with zero attached hydrogens (tertiary/aromatic N) is 2. The van der Waals surface area contributed by atoms with Crippen molar-refractivity contribution >= 4 is 17.7 Å².